The molecular formula is C24H27NO4. The summed E-state index contributed by atoms with van der Waals surface area (Å²) in [7, 11) is 0. The maximum Gasteiger partial charge on any atom is 0.257 e. The fraction of sp³-hybridized carbons (Fsp3) is 0.417. The van der Waals surface area contributed by atoms with Crippen LogP contribution in [0.15, 0.2) is 42.5 Å². The Morgan fingerprint density at radius 1 is 1.03 bits per heavy atom. The molecule has 0 radical (unpaired) electrons. The molecule has 1 amide bonds. The maximum absolute atomic E-state index is 12.9. The molecule has 0 atom stereocenters. The first-order valence-corrected chi connectivity index (χ1v) is 10.3. The number of ether oxygens (including phenoxy) is 2. The number of fused-ring (bicyclic) bond motifs is 1. The molecule has 5 heteroatoms. The Morgan fingerprint density at radius 2 is 1.76 bits per heavy atom. The van der Waals surface area contributed by atoms with Gasteiger partial charge in [0.25, 0.3) is 5.91 Å². The minimum Gasteiger partial charge on any atom is -0.454 e. The standard InChI is InChI=1S/C24H27NO4/c1-16(2)14-17-6-8-18(9-7-17)22(26)19-10-12-25(13-11-19)24(27)20-4-3-5-21-23(20)29-15-28-21/h3-9,16,19H,10-15H2,1-2H3. The van der Waals surface area contributed by atoms with Crippen LogP contribution in [0.4, 0.5) is 0 Å². The smallest absolute Gasteiger partial charge is 0.257 e. The average Bonchev–Trinajstić information content (AvgIpc) is 3.22. The van der Waals surface area contributed by atoms with Crippen molar-refractivity contribution in [2.75, 3.05) is 19.9 Å². The van der Waals surface area contributed by atoms with Crippen LogP contribution in [0.5, 0.6) is 11.5 Å². The third-order valence-corrected chi connectivity index (χ3v) is 5.66. The van der Waals surface area contributed by atoms with Gasteiger partial charge in [0, 0.05) is 24.6 Å². The van der Waals surface area contributed by atoms with E-state index in [9.17, 15) is 9.59 Å². The van der Waals surface area contributed by atoms with Crippen LogP contribution in [-0.4, -0.2) is 36.5 Å². The molecule has 1 saturated heterocycles. The van der Waals surface area contributed by atoms with Gasteiger partial charge < -0.3 is 14.4 Å². The summed E-state index contributed by atoms with van der Waals surface area (Å²) < 4.78 is 10.8. The van der Waals surface area contributed by atoms with Crippen LogP contribution < -0.4 is 9.47 Å². The van der Waals surface area contributed by atoms with Gasteiger partial charge in [-0.05, 0) is 42.9 Å². The topological polar surface area (TPSA) is 55.8 Å². The molecule has 0 aromatic heterocycles. The van der Waals surface area contributed by atoms with E-state index >= 15 is 0 Å². The molecule has 152 valence electrons. The summed E-state index contributed by atoms with van der Waals surface area (Å²) in [5.41, 5.74) is 2.57. The van der Waals surface area contributed by atoms with Gasteiger partial charge in [0.05, 0.1) is 5.56 Å². The lowest BCUT2D eigenvalue weighted by atomic mass is 9.88. The number of benzene rings is 2. The zero-order valence-corrected chi connectivity index (χ0v) is 17.0. The Morgan fingerprint density at radius 3 is 2.45 bits per heavy atom. The number of amides is 1. The summed E-state index contributed by atoms with van der Waals surface area (Å²) in [5.74, 6) is 1.83. The molecular weight excluding hydrogens is 366 g/mol. The maximum atomic E-state index is 12.9. The predicted molar refractivity (Wildman–Crippen MR) is 111 cm³/mol. The van der Waals surface area contributed by atoms with Crippen LogP contribution in [0.1, 0.15) is 53.0 Å². The van der Waals surface area contributed by atoms with Gasteiger partial charge in [0.15, 0.2) is 17.3 Å². The van der Waals surface area contributed by atoms with Gasteiger partial charge in [0.2, 0.25) is 6.79 Å². The highest BCUT2D eigenvalue weighted by atomic mass is 16.7. The zero-order valence-electron chi connectivity index (χ0n) is 17.0. The lowest BCUT2D eigenvalue weighted by molar-refractivity contribution is 0.0646. The quantitative estimate of drug-likeness (QED) is 0.709. The molecule has 4 rings (SSSR count). The first-order valence-electron chi connectivity index (χ1n) is 10.3. The Hall–Kier alpha value is -2.82. The molecule has 0 saturated carbocycles. The first kappa shape index (κ1) is 19.5. The fourth-order valence-corrected chi connectivity index (χ4v) is 4.13. The summed E-state index contributed by atoms with van der Waals surface area (Å²) in [6, 6.07) is 13.4. The molecule has 0 spiro atoms. The molecule has 2 aliphatic heterocycles. The summed E-state index contributed by atoms with van der Waals surface area (Å²) in [4.78, 5) is 27.6. The van der Waals surface area contributed by atoms with Crippen molar-refractivity contribution in [2.45, 2.75) is 33.1 Å². The lowest BCUT2D eigenvalue weighted by Crippen LogP contribution is -2.40. The van der Waals surface area contributed by atoms with E-state index in [1.165, 1.54) is 5.56 Å². The number of hydrogen-bond acceptors (Lipinski definition) is 4. The second kappa shape index (κ2) is 8.27. The molecule has 2 aromatic rings. The van der Waals surface area contributed by atoms with Crippen LogP contribution in [0, 0.1) is 11.8 Å². The summed E-state index contributed by atoms with van der Waals surface area (Å²) >= 11 is 0. The second-order valence-electron chi connectivity index (χ2n) is 8.26. The van der Waals surface area contributed by atoms with E-state index in [-0.39, 0.29) is 24.4 Å². The number of para-hydroxylation sites is 1. The fourth-order valence-electron chi connectivity index (χ4n) is 4.13. The van der Waals surface area contributed by atoms with Crippen molar-refractivity contribution < 1.29 is 19.1 Å². The van der Waals surface area contributed by atoms with Crippen molar-refractivity contribution in [1.29, 1.82) is 0 Å². The molecule has 2 heterocycles. The summed E-state index contributed by atoms with van der Waals surface area (Å²) in [5, 5.41) is 0. The van der Waals surface area contributed by atoms with E-state index in [1.54, 1.807) is 18.2 Å². The molecule has 0 N–H and O–H groups in total. The van der Waals surface area contributed by atoms with Gasteiger partial charge in [-0.1, -0.05) is 44.2 Å². The SMILES string of the molecule is CC(C)Cc1ccc(C(=O)C2CCN(C(=O)c3cccc4c3OCO4)CC2)cc1. The van der Waals surface area contributed by atoms with E-state index in [0.29, 0.717) is 48.9 Å². The third-order valence-electron chi connectivity index (χ3n) is 5.66. The number of carbonyl (C=O) groups excluding carboxylic acids is 2. The average molecular weight is 393 g/mol. The minimum atomic E-state index is -0.0590. The number of nitrogens with zero attached hydrogens (tertiary/aromatic N) is 1. The first-order chi connectivity index (χ1) is 14.0. The lowest BCUT2D eigenvalue weighted by Gasteiger charge is -2.31. The van der Waals surface area contributed by atoms with Crippen molar-refractivity contribution in [2.24, 2.45) is 11.8 Å². The van der Waals surface area contributed by atoms with Gasteiger partial charge in [-0.25, -0.2) is 0 Å². The van der Waals surface area contributed by atoms with Crippen LogP contribution in [-0.2, 0) is 6.42 Å². The molecule has 2 aromatic carbocycles. The molecule has 0 unspecified atom stereocenters. The van der Waals surface area contributed by atoms with Gasteiger partial charge >= 0.3 is 0 Å². The van der Waals surface area contributed by atoms with Crippen molar-refractivity contribution in [1.82, 2.24) is 4.90 Å². The van der Waals surface area contributed by atoms with E-state index in [2.05, 4.69) is 26.0 Å². The van der Waals surface area contributed by atoms with Gasteiger partial charge in [-0.2, -0.15) is 0 Å². The molecule has 1 fully saturated rings. The van der Waals surface area contributed by atoms with Crippen molar-refractivity contribution in [3.8, 4) is 11.5 Å². The highest BCUT2D eigenvalue weighted by Crippen LogP contribution is 2.36. The molecule has 2 aliphatic rings. The number of rotatable bonds is 5. The number of Topliss-reactive ketones (excluding diaryl/α,β-unsaturated/α-hetero) is 1. The molecule has 0 bridgehead atoms. The third kappa shape index (κ3) is 4.14. The monoisotopic (exact) mass is 393 g/mol. The van der Waals surface area contributed by atoms with E-state index in [0.717, 1.165) is 12.0 Å². The number of ketones is 1. The molecule has 29 heavy (non-hydrogen) atoms. The second-order valence-corrected chi connectivity index (χ2v) is 8.26. The number of piperidine rings is 1. The predicted octanol–water partition coefficient (Wildman–Crippen LogP) is 4.35. The normalized spacial score (nSPS) is 16.3. The van der Waals surface area contributed by atoms with Crippen molar-refractivity contribution >= 4 is 11.7 Å². The number of likely N-dealkylation sites (tertiary alicyclic amines) is 1. The Labute approximate surface area is 171 Å². The Bertz CT molecular complexity index is 896. The van der Waals surface area contributed by atoms with Gasteiger partial charge in [-0.3, -0.25) is 9.59 Å². The number of hydrogen-bond donors (Lipinski definition) is 0. The molecule has 0 aliphatic carbocycles. The van der Waals surface area contributed by atoms with E-state index in [4.69, 9.17) is 9.47 Å². The number of carbonyl (C=O) groups is 2. The Balaban J connectivity index is 1.37. The largest absolute Gasteiger partial charge is 0.454 e. The van der Waals surface area contributed by atoms with Crippen LogP contribution >= 0.6 is 0 Å². The highest BCUT2D eigenvalue weighted by molar-refractivity contribution is 5.99. The van der Waals surface area contributed by atoms with Gasteiger partial charge in [0.1, 0.15) is 0 Å². The highest BCUT2D eigenvalue weighted by Gasteiger charge is 2.31. The summed E-state index contributed by atoms with van der Waals surface area (Å²) in [6.45, 7) is 5.68. The van der Waals surface area contributed by atoms with Crippen LogP contribution in [0.2, 0.25) is 0 Å². The van der Waals surface area contributed by atoms with E-state index < -0.39 is 0 Å². The van der Waals surface area contributed by atoms with Crippen molar-refractivity contribution in [3.63, 3.8) is 0 Å². The minimum absolute atomic E-state index is 0.0314. The zero-order chi connectivity index (χ0) is 20.4. The Kier molecular flexibility index (Phi) is 5.56. The van der Waals surface area contributed by atoms with Crippen LogP contribution in [0.25, 0.3) is 0 Å². The van der Waals surface area contributed by atoms with Crippen LogP contribution in [0.3, 0.4) is 0 Å². The molecule has 5 nitrogen and oxygen atoms in total. The van der Waals surface area contributed by atoms with Crippen molar-refractivity contribution in [3.05, 3.63) is 59.2 Å². The van der Waals surface area contributed by atoms with Gasteiger partial charge in [-0.15, -0.1) is 0 Å². The summed E-state index contributed by atoms with van der Waals surface area (Å²) in [6.07, 6.45) is 2.39. The van der Waals surface area contributed by atoms with E-state index in [1.807, 2.05) is 17.0 Å².